The minimum Gasteiger partial charge on any atom is -0.496 e. The maximum Gasteiger partial charge on any atom is 0.259 e. The number of hydrogen-bond donors (Lipinski definition) is 1. The molecule has 1 aromatic rings. The van der Waals surface area contributed by atoms with Gasteiger partial charge < -0.3 is 9.64 Å². The number of nitrogens with one attached hydrogen (secondary N) is 1. The number of likely N-dealkylation sites (tertiary alicyclic amines) is 1. The summed E-state index contributed by atoms with van der Waals surface area (Å²) in [5.74, 6) is 0.436. The monoisotopic (exact) mass is 303 g/mol. The molecule has 1 fully saturated rings. The summed E-state index contributed by atoms with van der Waals surface area (Å²) in [5, 5.41) is 3.92. The number of hydrogen-bond acceptors (Lipinski definition) is 4. The topological polar surface area (TPSA) is 71.0 Å². The number of para-hydroxylation sites is 1. The Kier molecular flexibility index (Phi) is 5.94. The van der Waals surface area contributed by atoms with Crippen molar-refractivity contribution in [2.75, 3.05) is 20.2 Å². The first kappa shape index (κ1) is 16.0. The van der Waals surface area contributed by atoms with Crippen LogP contribution in [0.5, 0.6) is 5.75 Å². The Bertz CT molecular complexity index is 557. The Morgan fingerprint density at radius 2 is 2.18 bits per heavy atom. The molecule has 6 heteroatoms. The van der Waals surface area contributed by atoms with Crippen LogP contribution in [0, 0.1) is 0 Å². The summed E-state index contributed by atoms with van der Waals surface area (Å²) in [6.45, 7) is 0.699. The molecule has 2 amide bonds. The molecule has 0 aliphatic carbocycles. The lowest BCUT2D eigenvalue weighted by molar-refractivity contribution is -0.135. The van der Waals surface area contributed by atoms with Gasteiger partial charge in [-0.3, -0.25) is 9.59 Å². The SMILES string of the molecule is COc1ccccc1/C=N\NC(=O)CN1CCCCCC1=O. The van der Waals surface area contributed by atoms with Gasteiger partial charge in [-0.05, 0) is 25.0 Å². The van der Waals surface area contributed by atoms with Crippen molar-refractivity contribution in [3.8, 4) is 5.75 Å². The Morgan fingerprint density at radius 3 is 3.00 bits per heavy atom. The van der Waals surface area contributed by atoms with Crippen LogP contribution in [0.3, 0.4) is 0 Å². The summed E-state index contributed by atoms with van der Waals surface area (Å²) in [6, 6.07) is 7.38. The Hall–Kier alpha value is -2.37. The van der Waals surface area contributed by atoms with E-state index in [1.54, 1.807) is 12.0 Å². The van der Waals surface area contributed by atoms with Gasteiger partial charge in [0.25, 0.3) is 5.91 Å². The molecule has 22 heavy (non-hydrogen) atoms. The van der Waals surface area contributed by atoms with Crippen LogP contribution in [-0.2, 0) is 9.59 Å². The molecule has 6 nitrogen and oxygen atoms in total. The highest BCUT2D eigenvalue weighted by Gasteiger charge is 2.18. The zero-order chi connectivity index (χ0) is 15.8. The molecule has 1 aliphatic rings. The second-order valence-electron chi connectivity index (χ2n) is 5.16. The average molecular weight is 303 g/mol. The summed E-state index contributed by atoms with van der Waals surface area (Å²) in [5.41, 5.74) is 3.23. The lowest BCUT2D eigenvalue weighted by Gasteiger charge is -2.18. The third kappa shape index (κ3) is 4.58. The highest BCUT2D eigenvalue weighted by Crippen LogP contribution is 2.14. The van der Waals surface area contributed by atoms with Gasteiger partial charge in [0, 0.05) is 18.5 Å². The second-order valence-corrected chi connectivity index (χ2v) is 5.16. The molecule has 0 atom stereocenters. The zero-order valence-electron chi connectivity index (χ0n) is 12.7. The molecule has 0 spiro atoms. The molecule has 0 unspecified atom stereocenters. The van der Waals surface area contributed by atoms with Gasteiger partial charge in [-0.15, -0.1) is 0 Å². The van der Waals surface area contributed by atoms with E-state index < -0.39 is 0 Å². The van der Waals surface area contributed by atoms with E-state index in [-0.39, 0.29) is 18.4 Å². The zero-order valence-corrected chi connectivity index (χ0v) is 12.7. The molecule has 1 aliphatic heterocycles. The number of carbonyl (C=O) groups excluding carboxylic acids is 2. The molecule has 118 valence electrons. The van der Waals surface area contributed by atoms with Gasteiger partial charge in [0.1, 0.15) is 12.3 Å². The predicted octanol–water partition coefficient (Wildman–Crippen LogP) is 1.55. The third-order valence-corrected chi connectivity index (χ3v) is 3.54. The van der Waals surface area contributed by atoms with Gasteiger partial charge >= 0.3 is 0 Å². The lowest BCUT2D eigenvalue weighted by Crippen LogP contribution is -2.39. The minimum atomic E-state index is -0.290. The second kappa shape index (κ2) is 8.17. The third-order valence-electron chi connectivity index (χ3n) is 3.54. The van der Waals surface area contributed by atoms with Crippen LogP contribution in [0.1, 0.15) is 31.2 Å². The molecule has 1 heterocycles. The molecule has 0 aromatic heterocycles. The van der Waals surface area contributed by atoms with E-state index in [1.165, 1.54) is 6.21 Å². The van der Waals surface area contributed by atoms with Gasteiger partial charge in [-0.25, -0.2) is 5.43 Å². The molecule has 1 aromatic carbocycles. The van der Waals surface area contributed by atoms with E-state index in [2.05, 4.69) is 10.5 Å². The van der Waals surface area contributed by atoms with Crippen molar-refractivity contribution in [3.05, 3.63) is 29.8 Å². The number of ether oxygens (including phenoxy) is 1. The maximum absolute atomic E-state index is 11.9. The molecule has 0 bridgehead atoms. The van der Waals surface area contributed by atoms with Gasteiger partial charge in [0.05, 0.1) is 13.3 Å². The number of rotatable bonds is 5. The summed E-state index contributed by atoms with van der Waals surface area (Å²) < 4.78 is 5.20. The number of hydrazone groups is 1. The highest BCUT2D eigenvalue weighted by atomic mass is 16.5. The van der Waals surface area contributed by atoms with Crippen molar-refractivity contribution in [3.63, 3.8) is 0 Å². The van der Waals surface area contributed by atoms with E-state index >= 15 is 0 Å². The number of amides is 2. The van der Waals surface area contributed by atoms with E-state index in [4.69, 9.17) is 4.74 Å². The van der Waals surface area contributed by atoms with Gasteiger partial charge in [0.15, 0.2) is 0 Å². The summed E-state index contributed by atoms with van der Waals surface area (Å²) in [7, 11) is 1.58. The summed E-state index contributed by atoms with van der Waals surface area (Å²) in [6.07, 6.45) is 4.95. The average Bonchev–Trinajstić information content (AvgIpc) is 2.73. The van der Waals surface area contributed by atoms with E-state index in [1.807, 2.05) is 24.3 Å². The Morgan fingerprint density at radius 1 is 1.36 bits per heavy atom. The van der Waals surface area contributed by atoms with Crippen molar-refractivity contribution in [2.24, 2.45) is 5.10 Å². The van der Waals surface area contributed by atoms with Crippen LogP contribution in [0.2, 0.25) is 0 Å². The molecule has 1 N–H and O–H groups in total. The number of carbonyl (C=O) groups is 2. The molecule has 0 saturated carbocycles. The largest absolute Gasteiger partial charge is 0.496 e. The minimum absolute atomic E-state index is 0.0429. The first-order chi connectivity index (χ1) is 10.7. The van der Waals surface area contributed by atoms with Crippen LogP contribution in [0.25, 0.3) is 0 Å². The van der Waals surface area contributed by atoms with Gasteiger partial charge in [-0.2, -0.15) is 5.10 Å². The quantitative estimate of drug-likeness (QED) is 0.662. The highest BCUT2D eigenvalue weighted by molar-refractivity contribution is 5.87. The van der Waals surface area contributed by atoms with Crippen molar-refractivity contribution >= 4 is 18.0 Å². The standard InChI is InChI=1S/C16H21N3O3/c1-22-14-8-5-4-7-13(14)11-17-18-15(20)12-19-10-6-2-3-9-16(19)21/h4-5,7-8,11H,2-3,6,9-10,12H2,1H3,(H,18,20)/b17-11-. The Balaban J connectivity index is 1.86. The molecular weight excluding hydrogens is 282 g/mol. The molecular formula is C16H21N3O3. The normalized spacial score (nSPS) is 15.7. The summed E-state index contributed by atoms with van der Waals surface area (Å²) >= 11 is 0. The van der Waals surface area contributed by atoms with Crippen molar-refractivity contribution in [1.29, 1.82) is 0 Å². The van der Waals surface area contributed by atoms with Crippen molar-refractivity contribution in [1.82, 2.24) is 10.3 Å². The van der Waals surface area contributed by atoms with Gasteiger partial charge in [0.2, 0.25) is 5.91 Å². The van der Waals surface area contributed by atoms with Crippen LogP contribution < -0.4 is 10.2 Å². The first-order valence-electron chi connectivity index (χ1n) is 7.43. The fraction of sp³-hybridized carbons (Fsp3) is 0.438. The molecule has 2 rings (SSSR count). The van der Waals surface area contributed by atoms with Gasteiger partial charge in [-0.1, -0.05) is 18.6 Å². The summed E-state index contributed by atoms with van der Waals surface area (Å²) in [4.78, 5) is 25.3. The maximum atomic E-state index is 11.9. The van der Waals surface area contributed by atoms with E-state index in [0.717, 1.165) is 24.8 Å². The lowest BCUT2D eigenvalue weighted by atomic mass is 10.2. The first-order valence-corrected chi connectivity index (χ1v) is 7.43. The van der Waals surface area contributed by atoms with Crippen LogP contribution in [-0.4, -0.2) is 43.1 Å². The van der Waals surface area contributed by atoms with Crippen molar-refractivity contribution in [2.45, 2.75) is 25.7 Å². The van der Waals surface area contributed by atoms with E-state index in [0.29, 0.717) is 18.7 Å². The number of benzene rings is 1. The fourth-order valence-electron chi connectivity index (χ4n) is 2.36. The van der Waals surface area contributed by atoms with Crippen LogP contribution in [0.4, 0.5) is 0 Å². The predicted molar refractivity (Wildman–Crippen MR) is 83.8 cm³/mol. The number of nitrogens with zero attached hydrogens (tertiary/aromatic N) is 2. The van der Waals surface area contributed by atoms with Crippen LogP contribution in [0.15, 0.2) is 29.4 Å². The fourth-order valence-corrected chi connectivity index (χ4v) is 2.36. The van der Waals surface area contributed by atoms with E-state index in [9.17, 15) is 9.59 Å². The van der Waals surface area contributed by atoms with Crippen LogP contribution >= 0.6 is 0 Å². The Labute approximate surface area is 130 Å². The molecule has 0 radical (unpaired) electrons. The van der Waals surface area contributed by atoms with Crippen molar-refractivity contribution < 1.29 is 14.3 Å². The molecule has 1 saturated heterocycles. The number of methoxy groups -OCH3 is 1. The smallest absolute Gasteiger partial charge is 0.259 e.